The Morgan fingerprint density at radius 3 is 0.771 bits per heavy atom. The molecule has 0 unspecified atom stereocenters. The molecule has 0 aliphatic rings. The molecule has 0 N–H and O–H groups in total. The smallest absolute Gasteiger partial charge is 0.00264 e. The molecule has 0 aliphatic heterocycles. The van der Waals surface area contributed by atoms with E-state index in [2.05, 4.69) is 182 Å². The van der Waals surface area contributed by atoms with E-state index < -0.39 is 0 Å². The highest BCUT2D eigenvalue weighted by Gasteiger charge is 2.18. The zero-order chi connectivity index (χ0) is 31.6. The summed E-state index contributed by atoms with van der Waals surface area (Å²) in [5.41, 5.74) is 7.56. The van der Waals surface area contributed by atoms with Gasteiger partial charge in [0.25, 0.3) is 0 Å². The second kappa shape index (κ2) is 10.7. The minimum atomic E-state index is 1.24. The van der Waals surface area contributed by atoms with Crippen LogP contribution in [0.15, 0.2) is 182 Å². The van der Waals surface area contributed by atoms with E-state index in [0.717, 1.165) is 0 Å². The van der Waals surface area contributed by atoms with Crippen LogP contribution in [0, 0.1) is 0 Å². The molecular weight excluding hydrogens is 577 g/mol. The monoisotopic (exact) mass is 606 g/mol. The van der Waals surface area contributed by atoms with Crippen molar-refractivity contribution in [1.29, 1.82) is 0 Å². The molecule has 0 atom stereocenters. The highest BCUT2D eigenvalue weighted by atomic mass is 14.2. The lowest BCUT2D eigenvalue weighted by molar-refractivity contribution is 1.66. The third-order valence-corrected chi connectivity index (χ3v) is 10.1. The van der Waals surface area contributed by atoms with Gasteiger partial charge in [-0.15, -0.1) is 0 Å². The van der Waals surface area contributed by atoms with Crippen LogP contribution < -0.4 is 0 Å². The van der Waals surface area contributed by atoms with E-state index >= 15 is 0 Å². The van der Waals surface area contributed by atoms with Crippen LogP contribution in [0.2, 0.25) is 0 Å². The molecule has 0 radical (unpaired) electrons. The normalized spacial score (nSPS) is 11.8. The fraction of sp³-hybridized carbons (Fsp3) is 0. The first kappa shape index (κ1) is 26.9. The summed E-state index contributed by atoms with van der Waals surface area (Å²) >= 11 is 0. The third kappa shape index (κ3) is 4.16. The van der Waals surface area contributed by atoms with Crippen molar-refractivity contribution < 1.29 is 0 Å². The second-order valence-corrected chi connectivity index (χ2v) is 12.9. The number of benzene rings is 10. The lowest BCUT2D eigenvalue weighted by Gasteiger charge is -2.18. The summed E-state index contributed by atoms with van der Waals surface area (Å²) in [5.74, 6) is 0. The maximum atomic E-state index is 2.45. The van der Waals surface area contributed by atoms with Gasteiger partial charge in [-0.25, -0.2) is 0 Å². The Hall–Kier alpha value is -6.24. The van der Waals surface area contributed by atoms with Crippen molar-refractivity contribution in [2.75, 3.05) is 0 Å². The summed E-state index contributed by atoms with van der Waals surface area (Å²) in [5, 5.41) is 15.2. The molecule has 48 heavy (non-hydrogen) atoms. The van der Waals surface area contributed by atoms with E-state index in [0.29, 0.717) is 0 Å². The fourth-order valence-electron chi connectivity index (χ4n) is 8.00. The predicted octanol–water partition coefficient (Wildman–Crippen LogP) is 13.6. The molecule has 0 aliphatic carbocycles. The van der Waals surface area contributed by atoms with Crippen molar-refractivity contribution in [3.05, 3.63) is 182 Å². The summed E-state index contributed by atoms with van der Waals surface area (Å²) in [4.78, 5) is 0. The number of fused-ring (bicyclic) bond motifs is 6. The maximum absolute atomic E-state index is 2.45. The first-order valence-electron chi connectivity index (χ1n) is 16.7. The van der Waals surface area contributed by atoms with Gasteiger partial charge in [0.05, 0.1) is 0 Å². The van der Waals surface area contributed by atoms with Crippen LogP contribution in [-0.2, 0) is 0 Å². The molecule has 0 spiro atoms. The lowest BCUT2D eigenvalue weighted by atomic mass is 9.85. The topological polar surface area (TPSA) is 0 Å². The molecule has 10 aromatic rings. The molecule has 0 bridgehead atoms. The largest absolute Gasteiger partial charge is 0.0616 e. The standard InChI is InChI=1S/C48H30/c1-7-19-39-31(13-1)27-37(47-41-21-9-3-15-33(41)25-34-16-4-10-22-42(34)47)29-45(39)46-30-38(28-32-14-2-8-20-40(32)46)48-43-23-11-5-17-35(43)26-36-18-6-12-24-44(36)48/h1-30H. The Labute approximate surface area is 279 Å². The third-order valence-electron chi connectivity index (χ3n) is 10.1. The van der Waals surface area contributed by atoms with Crippen LogP contribution in [0.5, 0.6) is 0 Å². The van der Waals surface area contributed by atoms with E-state index in [1.807, 2.05) is 0 Å². The van der Waals surface area contributed by atoms with Crippen LogP contribution in [-0.4, -0.2) is 0 Å². The summed E-state index contributed by atoms with van der Waals surface area (Å²) < 4.78 is 0. The van der Waals surface area contributed by atoms with Gasteiger partial charge >= 0.3 is 0 Å². The fourth-order valence-corrected chi connectivity index (χ4v) is 8.00. The molecule has 0 aromatic heterocycles. The van der Waals surface area contributed by atoms with Gasteiger partial charge < -0.3 is 0 Å². The van der Waals surface area contributed by atoms with Crippen LogP contribution in [0.3, 0.4) is 0 Å². The van der Waals surface area contributed by atoms with Gasteiger partial charge in [0.2, 0.25) is 0 Å². The van der Waals surface area contributed by atoms with Crippen molar-refractivity contribution in [2.24, 2.45) is 0 Å². The summed E-state index contributed by atoms with van der Waals surface area (Å²) in [7, 11) is 0. The van der Waals surface area contributed by atoms with Crippen molar-refractivity contribution in [3.8, 4) is 33.4 Å². The minimum absolute atomic E-state index is 1.24. The minimum Gasteiger partial charge on any atom is -0.0616 e. The maximum Gasteiger partial charge on any atom is -0.00264 e. The summed E-state index contributed by atoms with van der Waals surface area (Å²) in [6, 6.07) is 67.3. The first-order valence-corrected chi connectivity index (χ1v) is 16.7. The Bertz CT molecular complexity index is 2580. The van der Waals surface area contributed by atoms with E-state index in [4.69, 9.17) is 0 Å². The van der Waals surface area contributed by atoms with Crippen molar-refractivity contribution in [3.63, 3.8) is 0 Å². The molecule has 0 saturated heterocycles. The molecule has 0 heteroatoms. The Morgan fingerprint density at radius 2 is 0.458 bits per heavy atom. The molecule has 0 amide bonds. The van der Waals surface area contributed by atoms with Crippen molar-refractivity contribution in [1.82, 2.24) is 0 Å². The molecule has 0 saturated carbocycles. The molecular formula is C48H30. The average molecular weight is 607 g/mol. The SMILES string of the molecule is c1ccc2c(-c3cc(-c4c5ccccc5cc5ccccc45)cc4ccccc34)cc(-c3c4ccccc4cc4ccccc34)cc2c1. The van der Waals surface area contributed by atoms with Gasteiger partial charge in [0, 0.05) is 0 Å². The van der Waals surface area contributed by atoms with Crippen molar-refractivity contribution in [2.45, 2.75) is 0 Å². The molecule has 0 nitrogen and oxygen atoms in total. The molecule has 0 heterocycles. The predicted molar refractivity (Wildman–Crippen MR) is 208 cm³/mol. The number of hydrogen-bond acceptors (Lipinski definition) is 0. The van der Waals surface area contributed by atoms with E-state index in [9.17, 15) is 0 Å². The Kier molecular flexibility index (Phi) is 5.98. The molecule has 10 aromatic carbocycles. The van der Waals surface area contributed by atoms with Crippen molar-refractivity contribution >= 4 is 64.6 Å². The highest BCUT2D eigenvalue weighted by Crippen LogP contribution is 2.45. The van der Waals surface area contributed by atoms with Gasteiger partial charge in [-0.3, -0.25) is 0 Å². The quantitative estimate of drug-likeness (QED) is 0.176. The molecule has 10 rings (SSSR count). The van der Waals surface area contributed by atoms with Crippen LogP contribution >= 0.6 is 0 Å². The number of hydrogen-bond donors (Lipinski definition) is 0. The molecule has 0 fully saturated rings. The zero-order valence-corrected chi connectivity index (χ0v) is 26.3. The van der Waals surface area contributed by atoms with E-state index in [1.165, 1.54) is 98.0 Å². The molecule has 222 valence electrons. The van der Waals surface area contributed by atoms with Crippen LogP contribution in [0.25, 0.3) is 98.0 Å². The zero-order valence-electron chi connectivity index (χ0n) is 26.3. The Balaban J connectivity index is 1.33. The number of rotatable bonds is 3. The Morgan fingerprint density at radius 1 is 0.208 bits per heavy atom. The lowest BCUT2D eigenvalue weighted by Crippen LogP contribution is -1.91. The van der Waals surface area contributed by atoms with E-state index in [1.54, 1.807) is 0 Å². The van der Waals surface area contributed by atoms with Gasteiger partial charge in [-0.2, -0.15) is 0 Å². The van der Waals surface area contributed by atoms with Crippen LogP contribution in [0.4, 0.5) is 0 Å². The average Bonchev–Trinajstić information content (AvgIpc) is 3.15. The van der Waals surface area contributed by atoms with E-state index in [-0.39, 0.29) is 0 Å². The highest BCUT2D eigenvalue weighted by molar-refractivity contribution is 6.18. The van der Waals surface area contributed by atoms with Gasteiger partial charge in [0.15, 0.2) is 0 Å². The first-order chi connectivity index (χ1) is 23.8. The second-order valence-electron chi connectivity index (χ2n) is 12.9. The van der Waals surface area contributed by atoms with Gasteiger partial charge in [0.1, 0.15) is 0 Å². The summed E-state index contributed by atoms with van der Waals surface area (Å²) in [6.45, 7) is 0. The van der Waals surface area contributed by atoms with Crippen LogP contribution in [0.1, 0.15) is 0 Å². The summed E-state index contributed by atoms with van der Waals surface area (Å²) in [6.07, 6.45) is 0. The van der Waals surface area contributed by atoms with Gasteiger partial charge in [-0.1, -0.05) is 146 Å². The van der Waals surface area contributed by atoms with Gasteiger partial charge in [-0.05, 0) is 134 Å².